The van der Waals surface area contributed by atoms with Gasteiger partial charge in [-0.25, -0.2) is 4.98 Å². The number of nitrogens with zero attached hydrogens (tertiary/aromatic N) is 5. The number of anilines is 2. The van der Waals surface area contributed by atoms with Crippen LogP contribution in [0.25, 0.3) is 0 Å². The van der Waals surface area contributed by atoms with Crippen molar-refractivity contribution >= 4 is 17.5 Å². The van der Waals surface area contributed by atoms with Crippen LogP contribution in [0.3, 0.4) is 0 Å². The molecule has 1 saturated heterocycles. The van der Waals surface area contributed by atoms with Crippen LogP contribution in [-0.2, 0) is 0 Å². The Balaban J connectivity index is 2.38. The molecule has 0 aliphatic carbocycles. The predicted molar refractivity (Wildman–Crippen MR) is 72.0 cm³/mol. The van der Waals surface area contributed by atoms with Gasteiger partial charge in [0.05, 0.1) is 4.92 Å². The molecule has 1 aliphatic heterocycles. The van der Waals surface area contributed by atoms with Crippen LogP contribution < -0.4 is 10.6 Å². The number of rotatable bonds is 2. The van der Waals surface area contributed by atoms with Gasteiger partial charge in [0, 0.05) is 19.1 Å². The lowest BCUT2D eigenvalue weighted by atomic mass is 10.2. The van der Waals surface area contributed by atoms with Gasteiger partial charge >= 0.3 is 5.69 Å². The van der Waals surface area contributed by atoms with Crippen LogP contribution in [0.1, 0.15) is 13.3 Å². The molecule has 1 aromatic heterocycles. The number of aromatic nitrogens is 2. The maximum absolute atomic E-state index is 11.1. The fraction of sp³-hybridized carbons (Fsp3) is 0.636. The lowest BCUT2D eigenvalue weighted by molar-refractivity contribution is -0.384. The average Bonchev–Trinajstić information content (AvgIpc) is 2.49. The molecular formula is C11H18N6O2. The first-order valence-corrected chi connectivity index (χ1v) is 6.21. The molecule has 8 heteroatoms. The Bertz CT molecular complexity index is 480. The fourth-order valence-electron chi connectivity index (χ4n) is 2.41. The second-order valence-corrected chi connectivity index (χ2v) is 4.85. The largest absolute Gasteiger partial charge is 0.368 e. The summed E-state index contributed by atoms with van der Waals surface area (Å²) in [6.45, 7) is 4.56. The van der Waals surface area contributed by atoms with Crippen molar-refractivity contribution in [2.45, 2.75) is 19.4 Å². The standard InChI is InChI=1S/C11H18N6O2/c1-8-7-15(2)4-3-5-16(8)10-9(17(18)19)6-13-11(12)14-10/h6,8H,3-5,7H2,1-2H3,(H2,12,13,14). The normalized spacial score (nSPS) is 21.2. The van der Waals surface area contributed by atoms with Gasteiger partial charge in [-0.05, 0) is 26.9 Å². The third-order valence-electron chi connectivity index (χ3n) is 3.28. The second-order valence-electron chi connectivity index (χ2n) is 4.85. The molecule has 0 bridgehead atoms. The highest BCUT2D eigenvalue weighted by Gasteiger charge is 2.28. The van der Waals surface area contributed by atoms with E-state index < -0.39 is 4.92 Å². The molecule has 0 spiro atoms. The topological polar surface area (TPSA) is 101 Å². The molecule has 1 unspecified atom stereocenters. The Labute approximate surface area is 111 Å². The van der Waals surface area contributed by atoms with Gasteiger partial charge in [-0.3, -0.25) is 10.1 Å². The molecule has 2 rings (SSSR count). The lowest BCUT2D eigenvalue weighted by Crippen LogP contribution is -2.38. The number of nitrogen functional groups attached to an aromatic ring is 1. The molecular weight excluding hydrogens is 248 g/mol. The summed E-state index contributed by atoms with van der Waals surface area (Å²) in [5.74, 6) is 0.380. The highest BCUT2D eigenvalue weighted by molar-refractivity contribution is 5.59. The molecule has 2 N–H and O–H groups in total. The molecule has 1 aliphatic rings. The molecule has 0 saturated carbocycles. The molecule has 1 aromatic rings. The Morgan fingerprint density at radius 1 is 1.53 bits per heavy atom. The van der Waals surface area contributed by atoms with E-state index in [1.165, 1.54) is 6.20 Å². The van der Waals surface area contributed by atoms with Gasteiger partial charge in [0.2, 0.25) is 11.8 Å². The van der Waals surface area contributed by atoms with Gasteiger partial charge in [-0.2, -0.15) is 4.98 Å². The number of likely N-dealkylation sites (N-methyl/N-ethyl adjacent to an activating group) is 1. The molecule has 0 radical (unpaired) electrons. The monoisotopic (exact) mass is 266 g/mol. The minimum atomic E-state index is -0.462. The van der Waals surface area contributed by atoms with Crippen LogP contribution >= 0.6 is 0 Å². The van der Waals surface area contributed by atoms with Crippen molar-refractivity contribution in [3.8, 4) is 0 Å². The maximum Gasteiger partial charge on any atom is 0.329 e. The van der Waals surface area contributed by atoms with Gasteiger partial charge in [-0.15, -0.1) is 0 Å². The maximum atomic E-state index is 11.1. The zero-order valence-electron chi connectivity index (χ0n) is 11.1. The third kappa shape index (κ3) is 2.90. The van der Waals surface area contributed by atoms with Crippen molar-refractivity contribution in [3.63, 3.8) is 0 Å². The first-order valence-electron chi connectivity index (χ1n) is 6.21. The van der Waals surface area contributed by atoms with Gasteiger partial charge in [-0.1, -0.05) is 0 Å². The van der Waals surface area contributed by atoms with Crippen molar-refractivity contribution < 1.29 is 4.92 Å². The molecule has 104 valence electrons. The van der Waals surface area contributed by atoms with Crippen molar-refractivity contribution in [3.05, 3.63) is 16.3 Å². The summed E-state index contributed by atoms with van der Waals surface area (Å²) < 4.78 is 0. The fourth-order valence-corrected chi connectivity index (χ4v) is 2.41. The van der Waals surface area contributed by atoms with Crippen LogP contribution in [0.4, 0.5) is 17.5 Å². The summed E-state index contributed by atoms with van der Waals surface area (Å²) in [5.41, 5.74) is 5.47. The smallest absolute Gasteiger partial charge is 0.329 e. The summed E-state index contributed by atoms with van der Waals surface area (Å²) in [5, 5.41) is 11.1. The molecule has 8 nitrogen and oxygen atoms in total. The van der Waals surface area contributed by atoms with Crippen LogP contribution in [0.5, 0.6) is 0 Å². The number of nitrogens with two attached hydrogens (primary N) is 1. The van der Waals surface area contributed by atoms with Gasteiger partial charge < -0.3 is 15.5 Å². The van der Waals surface area contributed by atoms with Gasteiger partial charge in [0.25, 0.3) is 0 Å². The van der Waals surface area contributed by atoms with Crippen LogP contribution in [0.2, 0.25) is 0 Å². The predicted octanol–water partition coefficient (Wildman–Crippen LogP) is 0.497. The molecule has 0 amide bonds. The van der Waals surface area contributed by atoms with Crippen LogP contribution in [0, 0.1) is 10.1 Å². The van der Waals surface area contributed by atoms with Crippen molar-refractivity contribution in [1.82, 2.24) is 14.9 Å². The zero-order chi connectivity index (χ0) is 14.0. The van der Waals surface area contributed by atoms with E-state index >= 15 is 0 Å². The Kier molecular flexibility index (Phi) is 3.79. The highest BCUT2D eigenvalue weighted by atomic mass is 16.6. The van der Waals surface area contributed by atoms with E-state index in [9.17, 15) is 10.1 Å². The second kappa shape index (κ2) is 5.35. The SMILES string of the molecule is CC1CN(C)CCCN1c1nc(N)ncc1[N+](=O)[O-]. The van der Waals surface area contributed by atoms with Crippen molar-refractivity contribution in [1.29, 1.82) is 0 Å². The molecule has 19 heavy (non-hydrogen) atoms. The lowest BCUT2D eigenvalue weighted by Gasteiger charge is -2.28. The van der Waals surface area contributed by atoms with E-state index in [0.29, 0.717) is 5.82 Å². The van der Waals surface area contributed by atoms with E-state index in [1.807, 2.05) is 18.9 Å². The molecule has 1 atom stereocenters. The first kappa shape index (κ1) is 13.5. The number of nitro groups is 1. The van der Waals surface area contributed by atoms with E-state index in [4.69, 9.17) is 5.73 Å². The van der Waals surface area contributed by atoms with E-state index in [-0.39, 0.29) is 17.7 Å². The van der Waals surface area contributed by atoms with Gasteiger partial charge in [0.15, 0.2) is 0 Å². The zero-order valence-corrected chi connectivity index (χ0v) is 11.1. The number of hydrogen-bond acceptors (Lipinski definition) is 7. The third-order valence-corrected chi connectivity index (χ3v) is 3.28. The van der Waals surface area contributed by atoms with E-state index in [0.717, 1.165) is 26.1 Å². The molecule has 1 fully saturated rings. The summed E-state index contributed by atoms with van der Waals surface area (Å²) in [6, 6.07) is 0.139. The average molecular weight is 266 g/mol. The summed E-state index contributed by atoms with van der Waals surface area (Å²) in [6.07, 6.45) is 2.11. The summed E-state index contributed by atoms with van der Waals surface area (Å²) in [4.78, 5) is 22.5. The quantitative estimate of drug-likeness (QED) is 0.614. The Hall–Kier alpha value is -1.96. The van der Waals surface area contributed by atoms with Crippen molar-refractivity contribution in [2.24, 2.45) is 0 Å². The summed E-state index contributed by atoms with van der Waals surface area (Å²) >= 11 is 0. The first-order chi connectivity index (χ1) is 8.99. The minimum absolute atomic E-state index is 0.0606. The number of hydrogen-bond donors (Lipinski definition) is 1. The Morgan fingerprint density at radius 3 is 2.95 bits per heavy atom. The van der Waals surface area contributed by atoms with E-state index in [2.05, 4.69) is 14.9 Å². The van der Waals surface area contributed by atoms with Crippen LogP contribution in [0.15, 0.2) is 6.20 Å². The van der Waals surface area contributed by atoms with Gasteiger partial charge in [0.1, 0.15) is 6.20 Å². The minimum Gasteiger partial charge on any atom is -0.368 e. The van der Waals surface area contributed by atoms with Crippen LogP contribution in [-0.4, -0.2) is 52.5 Å². The highest BCUT2D eigenvalue weighted by Crippen LogP contribution is 2.28. The van der Waals surface area contributed by atoms with Crippen molar-refractivity contribution in [2.75, 3.05) is 37.3 Å². The molecule has 2 heterocycles. The Morgan fingerprint density at radius 2 is 2.26 bits per heavy atom. The molecule has 0 aromatic carbocycles. The van der Waals surface area contributed by atoms with E-state index in [1.54, 1.807) is 0 Å². The summed E-state index contributed by atoms with van der Waals surface area (Å²) in [7, 11) is 2.04.